The van der Waals surface area contributed by atoms with Gasteiger partial charge in [-0.25, -0.2) is 0 Å². The van der Waals surface area contributed by atoms with Crippen LogP contribution in [-0.4, -0.2) is 35.6 Å². The zero-order valence-electron chi connectivity index (χ0n) is 5.08. The van der Waals surface area contributed by atoms with E-state index in [0.29, 0.717) is 13.1 Å². The Labute approximate surface area is 53.6 Å². The molecule has 1 N–H and O–H groups in total. The van der Waals surface area contributed by atoms with Gasteiger partial charge in [-0.15, -0.1) is 0 Å². The van der Waals surface area contributed by atoms with Crippen molar-refractivity contribution in [2.75, 3.05) is 19.7 Å². The molecule has 0 saturated heterocycles. The van der Waals surface area contributed by atoms with E-state index in [-0.39, 0.29) is 12.5 Å². The average molecular weight is 127 g/mol. The molecule has 1 amide bonds. The standard InChI is InChI=1S/C6H9NO2/c8-5-6(9)7-3-1-2-4-7/h1-2,8H,3-5H2. The number of carbonyl (C=O) groups is 1. The van der Waals surface area contributed by atoms with Crippen molar-refractivity contribution in [3.05, 3.63) is 12.2 Å². The van der Waals surface area contributed by atoms with Crippen molar-refractivity contribution in [3.8, 4) is 0 Å². The first kappa shape index (κ1) is 6.29. The first-order valence-corrected chi connectivity index (χ1v) is 2.88. The van der Waals surface area contributed by atoms with Crippen LogP contribution in [0.4, 0.5) is 0 Å². The van der Waals surface area contributed by atoms with Gasteiger partial charge in [0.2, 0.25) is 5.91 Å². The summed E-state index contributed by atoms with van der Waals surface area (Å²) < 4.78 is 0. The van der Waals surface area contributed by atoms with Crippen LogP contribution >= 0.6 is 0 Å². The minimum Gasteiger partial charge on any atom is -0.387 e. The summed E-state index contributed by atoms with van der Waals surface area (Å²) in [4.78, 5) is 12.2. The Morgan fingerprint density at radius 1 is 1.56 bits per heavy atom. The molecule has 3 nitrogen and oxygen atoms in total. The molecule has 9 heavy (non-hydrogen) atoms. The van der Waals surface area contributed by atoms with Crippen LogP contribution in [0.25, 0.3) is 0 Å². The van der Waals surface area contributed by atoms with Crippen LogP contribution in [0.1, 0.15) is 0 Å². The zero-order valence-corrected chi connectivity index (χ0v) is 5.08. The van der Waals surface area contributed by atoms with E-state index >= 15 is 0 Å². The molecule has 1 aliphatic heterocycles. The molecule has 50 valence electrons. The van der Waals surface area contributed by atoms with Gasteiger partial charge in [0.1, 0.15) is 6.61 Å². The third kappa shape index (κ3) is 1.29. The van der Waals surface area contributed by atoms with Crippen molar-refractivity contribution in [2.24, 2.45) is 0 Å². The Morgan fingerprint density at radius 2 is 2.11 bits per heavy atom. The molecule has 0 spiro atoms. The predicted molar refractivity (Wildman–Crippen MR) is 32.8 cm³/mol. The largest absolute Gasteiger partial charge is 0.387 e. The molecule has 0 fully saturated rings. The quantitative estimate of drug-likeness (QED) is 0.477. The van der Waals surface area contributed by atoms with Crippen molar-refractivity contribution in [3.63, 3.8) is 0 Å². The highest BCUT2D eigenvalue weighted by Gasteiger charge is 2.11. The summed E-state index contributed by atoms with van der Waals surface area (Å²) >= 11 is 0. The van der Waals surface area contributed by atoms with Crippen LogP contribution < -0.4 is 0 Å². The summed E-state index contributed by atoms with van der Waals surface area (Å²) in [5.74, 6) is -0.194. The molecule has 1 rings (SSSR count). The van der Waals surface area contributed by atoms with E-state index in [1.165, 1.54) is 0 Å². The summed E-state index contributed by atoms with van der Waals surface area (Å²) in [6.07, 6.45) is 3.82. The summed E-state index contributed by atoms with van der Waals surface area (Å²) in [6.45, 7) is 0.931. The van der Waals surface area contributed by atoms with Crippen LogP contribution in [0.3, 0.4) is 0 Å². The van der Waals surface area contributed by atoms with Gasteiger partial charge in [0.05, 0.1) is 0 Å². The molecule has 0 radical (unpaired) electrons. The van der Waals surface area contributed by atoms with Crippen LogP contribution in [0.2, 0.25) is 0 Å². The van der Waals surface area contributed by atoms with Gasteiger partial charge < -0.3 is 10.0 Å². The molecule has 0 aromatic heterocycles. The number of amides is 1. The molecular formula is C6H9NO2. The molecule has 0 unspecified atom stereocenters. The summed E-state index contributed by atoms with van der Waals surface area (Å²) in [5, 5.41) is 8.38. The molecule has 0 aromatic rings. The molecule has 0 saturated carbocycles. The number of hydrogen-bond donors (Lipinski definition) is 1. The van der Waals surface area contributed by atoms with Gasteiger partial charge in [-0.1, -0.05) is 12.2 Å². The molecule has 0 bridgehead atoms. The van der Waals surface area contributed by atoms with E-state index < -0.39 is 0 Å². The first-order valence-electron chi connectivity index (χ1n) is 2.88. The van der Waals surface area contributed by atoms with E-state index in [0.717, 1.165) is 0 Å². The second-order valence-corrected chi connectivity index (χ2v) is 1.93. The lowest BCUT2D eigenvalue weighted by Crippen LogP contribution is -2.30. The van der Waals surface area contributed by atoms with Crippen molar-refractivity contribution in [1.29, 1.82) is 0 Å². The van der Waals surface area contributed by atoms with Gasteiger partial charge in [-0.3, -0.25) is 4.79 Å². The number of nitrogens with zero attached hydrogens (tertiary/aromatic N) is 1. The minimum absolute atomic E-state index is 0.194. The van der Waals surface area contributed by atoms with Crippen molar-refractivity contribution in [2.45, 2.75) is 0 Å². The maximum absolute atomic E-state index is 10.6. The van der Waals surface area contributed by atoms with Gasteiger partial charge in [0.25, 0.3) is 0 Å². The van der Waals surface area contributed by atoms with E-state index in [9.17, 15) is 4.79 Å². The second-order valence-electron chi connectivity index (χ2n) is 1.93. The first-order chi connectivity index (χ1) is 4.34. The van der Waals surface area contributed by atoms with Gasteiger partial charge in [0, 0.05) is 13.1 Å². The zero-order chi connectivity index (χ0) is 6.69. The molecule has 0 aromatic carbocycles. The fourth-order valence-electron chi connectivity index (χ4n) is 0.782. The number of carbonyl (C=O) groups excluding carboxylic acids is 1. The lowest BCUT2D eigenvalue weighted by Gasteiger charge is -2.12. The van der Waals surface area contributed by atoms with Crippen LogP contribution in [0.15, 0.2) is 12.2 Å². The second kappa shape index (κ2) is 2.64. The van der Waals surface area contributed by atoms with Crippen molar-refractivity contribution < 1.29 is 9.90 Å². The molecule has 0 atom stereocenters. The summed E-state index contributed by atoms with van der Waals surface area (Å²) in [5.41, 5.74) is 0. The molecule has 1 heterocycles. The number of aliphatic hydroxyl groups is 1. The number of aliphatic hydroxyl groups excluding tert-OH is 1. The molecular weight excluding hydrogens is 118 g/mol. The summed E-state index contributed by atoms with van der Waals surface area (Å²) in [6, 6.07) is 0. The van der Waals surface area contributed by atoms with Crippen molar-refractivity contribution in [1.82, 2.24) is 4.90 Å². The highest BCUT2D eigenvalue weighted by Crippen LogP contribution is 1.97. The van der Waals surface area contributed by atoms with Gasteiger partial charge in [0.15, 0.2) is 0 Å². The lowest BCUT2D eigenvalue weighted by atomic mass is 10.5. The Morgan fingerprint density at radius 3 is 2.56 bits per heavy atom. The Balaban J connectivity index is 2.36. The highest BCUT2D eigenvalue weighted by molar-refractivity contribution is 5.77. The van der Waals surface area contributed by atoms with Gasteiger partial charge in [-0.2, -0.15) is 0 Å². The molecule has 1 aliphatic rings. The predicted octanol–water partition coefficient (Wildman–Crippen LogP) is -0.623. The topological polar surface area (TPSA) is 40.5 Å². The smallest absolute Gasteiger partial charge is 0.248 e. The Bertz CT molecular complexity index is 134. The fourth-order valence-corrected chi connectivity index (χ4v) is 0.782. The number of rotatable bonds is 1. The van der Waals surface area contributed by atoms with Crippen LogP contribution in [-0.2, 0) is 4.79 Å². The van der Waals surface area contributed by atoms with Gasteiger partial charge in [-0.05, 0) is 0 Å². The maximum atomic E-state index is 10.6. The van der Waals surface area contributed by atoms with E-state index in [1.807, 2.05) is 12.2 Å². The van der Waals surface area contributed by atoms with E-state index in [2.05, 4.69) is 0 Å². The monoisotopic (exact) mass is 127 g/mol. The summed E-state index contributed by atoms with van der Waals surface area (Å²) in [7, 11) is 0. The number of hydrogen-bond acceptors (Lipinski definition) is 2. The fraction of sp³-hybridized carbons (Fsp3) is 0.500. The van der Waals surface area contributed by atoms with Gasteiger partial charge >= 0.3 is 0 Å². The normalized spacial score (nSPS) is 16.8. The Kier molecular flexibility index (Phi) is 1.85. The molecule has 0 aliphatic carbocycles. The molecule has 3 heteroatoms. The van der Waals surface area contributed by atoms with E-state index in [4.69, 9.17) is 5.11 Å². The SMILES string of the molecule is O=C(CO)N1CC=CC1. The van der Waals surface area contributed by atoms with Crippen LogP contribution in [0, 0.1) is 0 Å². The third-order valence-electron chi connectivity index (χ3n) is 1.31. The van der Waals surface area contributed by atoms with Crippen molar-refractivity contribution >= 4 is 5.91 Å². The lowest BCUT2D eigenvalue weighted by molar-refractivity contribution is -0.132. The minimum atomic E-state index is -0.373. The highest BCUT2D eigenvalue weighted by atomic mass is 16.3. The average Bonchev–Trinajstić information content (AvgIpc) is 2.37. The van der Waals surface area contributed by atoms with E-state index in [1.54, 1.807) is 4.90 Å². The Hall–Kier alpha value is -0.830. The van der Waals surface area contributed by atoms with Crippen LogP contribution in [0.5, 0.6) is 0 Å². The third-order valence-corrected chi connectivity index (χ3v) is 1.31. The maximum Gasteiger partial charge on any atom is 0.248 e.